The molecule has 3 rings (SSSR count). The minimum Gasteiger partial charge on any atom is -0.361 e. The first-order valence-electron chi connectivity index (χ1n) is 7.76. The van der Waals surface area contributed by atoms with Crippen LogP contribution in [0.5, 0.6) is 0 Å². The molecule has 146 valence electrons. The quantitative estimate of drug-likeness (QED) is 0.525. The van der Waals surface area contributed by atoms with E-state index in [2.05, 4.69) is 35.2 Å². The van der Waals surface area contributed by atoms with Crippen molar-refractivity contribution in [3.8, 4) is 0 Å². The zero-order valence-electron chi connectivity index (χ0n) is 14.3. The molecular formula is C14H18ClN7O4S. The smallest absolute Gasteiger partial charge is 0.309 e. The van der Waals surface area contributed by atoms with E-state index in [1.807, 2.05) is 7.05 Å². The van der Waals surface area contributed by atoms with Gasteiger partial charge in [-0.05, 0) is 7.05 Å². The number of rotatable bonds is 5. The van der Waals surface area contributed by atoms with E-state index in [9.17, 15) is 14.4 Å². The second-order valence-electron chi connectivity index (χ2n) is 5.77. The Morgan fingerprint density at radius 1 is 1.44 bits per heavy atom. The van der Waals surface area contributed by atoms with Crippen molar-refractivity contribution in [2.45, 2.75) is 19.0 Å². The summed E-state index contributed by atoms with van der Waals surface area (Å²) in [4.78, 5) is 46.2. The zero-order chi connectivity index (χ0) is 18.7. The van der Waals surface area contributed by atoms with Crippen molar-refractivity contribution >= 4 is 41.5 Å². The van der Waals surface area contributed by atoms with Gasteiger partial charge in [0, 0.05) is 30.9 Å². The summed E-state index contributed by atoms with van der Waals surface area (Å²) >= 11 is 1.33. The van der Waals surface area contributed by atoms with Gasteiger partial charge in [-0.3, -0.25) is 14.4 Å². The van der Waals surface area contributed by atoms with Gasteiger partial charge in [0.05, 0.1) is 5.69 Å². The topological polar surface area (TPSA) is 156 Å². The van der Waals surface area contributed by atoms with Gasteiger partial charge in [-0.15, -0.1) is 23.7 Å². The summed E-state index contributed by atoms with van der Waals surface area (Å²) in [5, 5.41) is 8.99. The van der Waals surface area contributed by atoms with E-state index in [4.69, 9.17) is 5.73 Å². The van der Waals surface area contributed by atoms with Gasteiger partial charge >= 0.3 is 11.8 Å². The van der Waals surface area contributed by atoms with Gasteiger partial charge < -0.3 is 25.8 Å². The number of aromatic nitrogens is 3. The Hall–Kier alpha value is -2.57. The van der Waals surface area contributed by atoms with Crippen LogP contribution in [0.1, 0.15) is 32.2 Å². The lowest BCUT2D eigenvalue weighted by Crippen LogP contribution is -2.42. The Labute approximate surface area is 164 Å². The number of carbonyl (C=O) groups excluding carboxylic acids is 3. The molecule has 0 saturated heterocycles. The Kier molecular flexibility index (Phi) is 6.82. The number of nitrogens with zero attached hydrogens (tertiary/aromatic N) is 4. The Bertz CT molecular complexity index is 826. The lowest BCUT2D eigenvalue weighted by atomic mass is 10.2. The van der Waals surface area contributed by atoms with Crippen LogP contribution in [-0.2, 0) is 22.6 Å². The van der Waals surface area contributed by atoms with Crippen molar-refractivity contribution in [3.63, 3.8) is 0 Å². The molecule has 3 amide bonds. The first-order chi connectivity index (χ1) is 12.4. The summed E-state index contributed by atoms with van der Waals surface area (Å²) in [6.07, 6.45) is 1.89. The molecule has 0 radical (unpaired) electrons. The van der Waals surface area contributed by atoms with Gasteiger partial charge in [0.15, 0.2) is 10.8 Å². The van der Waals surface area contributed by atoms with Gasteiger partial charge in [0.1, 0.15) is 6.04 Å². The van der Waals surface area contributed by atoms with Crippen LogP contribution in [0, 0.1) is 0 Å². The number of thiazole rings is 1. The van der Waals surface area contributed by atoms with Crippen molar-refractivity contribution in [3.05, 3.63) is 27.8 Å². The van der Waals surface area contributed by atoms with Crippen molar-refractivity contribution in [2.75, 3.05) is 20.1 Å². The average Bonchev–Trinajstić information content (AvgIpc) is 3.26. The third-order valence-electron chi connectivity index (χ3n) is 3.80. The molecule has 4 N–H and O–H groups in total. The number of amides is 3. The second kappa shape index (κ2) is 8.88. The zero-order valence-corrected chi connectivity index (χ0v) is 15.9. The fourth-order valence-corrected chi connectivity index (χ4v) is 3.55. The number of carbonyl (C=O) groups is 3. The Balaban J connectivity index is 0.00000261. The minimum absolute atomic E-state index is 0. The molecule has 11 nitrogen and oxygen atoms in total. The summed E-state index contributed by atoms with van der Waals surface area (Å²) in [6, 6.07) is -0.798. The monoisotopic (exact) mass is 415 g/mol. The molecule has 0 aromatic carbocycles. The van der Waals surface area contributed by atoms with Gasteiger partial charge in [-0.25, -0.2) is 4.98 Å². The maximum absolute atomic E-state index is 12.6. The van der Waals surface area contributed by atoms with Crippen LogP contribution >= 0.6 is 23.7 Å². The molecule has 0 fully saturated rings. The fourth-order valence-electron chi connectivity index (χ4n) is 2.46. The molecule has 0 bridgehead atoms. The van der Waals surface area contributed by atoms with E-state index in [0.717, 1.165) is 36.5 Å². The number of nitrogens with two attached hydrogens (primary N) is 1. The molecule has 0 spiro atoms. The minimum atomic E-state index is -1.13. The van der Waals surface area contributed by atoms with E-state index in [0.29, 0.717) is 5.01 Å². The molecule has 1 atom stereocenters. The summed E-state index contributed by atoms with van der Waals surface area (Å²) in [7, 11) is 2.01. The van der Waals surface area contributed by atoms with Gasteiger partial charge in [0.25, 0.3) is 5.91 Å². The van der Waals surface area contributed by atoms with E-state index in [-0.39, 0.29) is 24.8 Å². The van der Waals surface area contributed by atoms with Crippen molar-refractivity contribution < 1.29 is 18.9 Å². The van der Waals surface area contributed by atoms with Gasteiger partial charge in [0.2, 0.25) is 6.39 Å². The number of halogens is 1. The van der Waals surface area contributed by atoms with Crippen LogP contribution in [0.15, 0.2) is 10.9 Å². The van der Waals surface area contributed by atoms with E-state index in [1.165, 1.54) is 11.3 Å². The largest absolute Gasteiger partial charge is 0.361 e. The SMILES string of the molecule is CN1CCc2nc(C(=O)N[C@@H](CNC(=O)C(N)=O)c3ncon3)sc2C1.Cl. The second-order valence-corrected chi connectivity index (χ2v) is 6.85. The lowest BCUT2D eigenvalue weighted by Gasteiger charge is -2.20. The Morgan fingerprint density at radius 3 is 2.89 bits per heavy atom. The van der Waals surface area contributed by atoms with E-state index in [1.54, 1.807) is 0 Å². The first kappa shape index (κ1) is 20.7. The maximum Gasteiger partial charge on any atom is 0.309 e. The third-order valence-corrected chi connectivity index (χ3v) is 4.88. The average molecular weight is 416 g/mol. The van der Waals surface area contributed by atoms with Crippen LogP contribution in [0.2, 0.25) is 0 Å². The Morgan fingerprint density at radius 2 is 2.22 bits per heavy atom. The van der Waals surface area contributed by atoms with Crippen LogP contribution < -0.4 is 16.4 Å². The van der Waals surface area contributed by atoms with Crippen LogP contribution in [0.25, 0.3) is 0 Å². The number of primary amides is 1. The van der Waals surface area contributed by atoms with Crippen LogP contribution in [0.3, 0.4) is 0 Å². The summed E-state index contributed by atoms with van der Waals surface area (Å²) in [5.41, 5.74) is 5.83. The van der Waals surface area contributed by atoms with Gasteiger partial charge in [-0.1, -0.05) is 5.16 Å². The maximum atomic E-state index is 12.6. The molecule has 3 heterocycles. The molecule has 0 aliphatic carbocycles. The first-order valence-corrected chi connectivity index (χ1v) is 8.57. The normalized spacial score (nSPS) is 14.6. The van der Waals surface area contributed by atoms with Crippen LogP contribution in [-0.4, -0.2) is 57.9 Å². The van der Waals surface area contributed by atoms with Crippen LogP contribution in [0.4, 0.5) is 0 Å². The molecule has 1 aliphatic rings. The highest BCUT2D eigenvalue weighted by molar-refractivity contribution is 7.13. The fraction of sp³-hybridized carbons (Fsp3) is 0.429. The molecule has 2 aromatic heterocycles. The molecule has 0 unspecified atom stereocenters. The molecule has 13 heteroatoms. The standard InChI is InChI=1S/C14H17N7O4S.ClH/c1-21-3-2-7-9(5-21)26-14(19-7)13(24)18-8(11-17-6-25-20-11)4-16-12(23)10(15)22;/h6,8H,2-5H2,1H3,(H2,15,22)(H,16,23)(H,18,24);1H/t8-;/m0./s1. The predicted octanol–water partition coefficient (Wildman–Crippen LogP) is -0.992. The number of likely N-dealkylation sites (N-methyl/N-ethyl adjacent to an activating group) is 1. The van der Waals surface area contributed by atoms with E-state index < -0.39 is 23.8 Å². The summed E-state index contributed by atoms with van der Waals surface area (Å²) in [6.45, 7) is 1.52. The third kappa shape index (κ3) is 4.99. The number of nitrogens with one attached hydrogen (secondary N) is 2. The number of fused-ring (bicyclic) bond motifs is 1. The highest BCUT2D eigenvalue weighted by Crippen LogP contribution is 2.24. The summed E-state index contributed by atoms with van der Waals surface area (Å²) in [5.74, 6) is -2.36. The van der Waals surface area contributed by atoms with Crippen molar-refractivity contribution in [1.82, 2.24) is 30.7 Å². The highest BCUT2D eigenvalue weighted by Gasteiger charge is 2.25. The predicted molar refractivity (Wildman–Crippen MR) is 96.1 cm³/mol. The lowest BCUT2D eigenvalue weighted by molar-refractivity contribution is -0.137. The van der Waals surface area contributed by atoms with Gasteiger partial charge in [-0.2, -0.15) is 4.98 Å². The summed E-state index contributed by atoms with van der Waals surface area (Å²) < 4.78 is 4.68. The molecule has 27 heavy (non-hydrogen) atoms. The molecule has 0 saturated carbocycles. The molecule has 1 aliphatic heterocycles. The number of hydrogen-bond donors (Lipinski definition) is 3. The van der Waals surface area contributed by atoms with Crippen molar-refractivity contribution in [1.29, 1.82) is 0 Å². The van der Waals surface area contributed by atoms with E-state index >= 15 is 0 Å². The molecule has 2 aromatic rings. The van der Waals surface area contributed by atoms with Crippen molar-refractivity contribution in [2.24, 2.45) is 5.73 Å². The highest BCUT2D eigenvalue weighted by atomic mass is 35.5. The molecular weight excluding hydrogens is 398 g/mol. The number of hydrogen-bond acceptors (Lipinski definition) is 9.